The molecule has 2 amide bonds. The molecule has 0 bridgehead atoms. The number of carbonyl (C=O) groups is 2. The second-order valence-electron chi connectivity index (χ2n) is 5.48. The van der Waals surface area contributed by atoms with E-state index in [4.69, 9.17) is 27.6 Å². The van der Waals surface area contributed by atoms with Crippen LogP contribution in [0, 0.1) is 0 Å². The molecule has 0 aliphatic carbocycles. The predicted octanol–water partition coefficient (Wildman–Crippen LogP) is 5.00. The third-order valence-electron chi connectivity index (χ3n) is 3.53. The molecular weight excluding hydrogens is 387 g/mol. The predicted molar refractivity (Wildman–Crippen MR) is 106 cm³/mol. The Hall–Kier alpha value is -3.02. The molecule has 0 spiro atoms. The Labute approximate surface area is 165 Å². The summed E-state index contributed by atoms with van der Waals surface area (Å²) in [5.74, 6) is -1.01. The maximum absolute atomic E-state index is 12.7. The minimum absolute atomic E-state index is 0.00414. The number of hydrogen-bond donors (Lipinski definition) is 2. The molecule has 0 saturated heterocycles. The van der Waals surface area contributed by atoms with Crippen molar-refractivity contribution in [2.45, 2.75) is 0 Å². The zero-order valence-electron chi connectivity index (χ0n) is 13.9. The lowest BCUT2D eigenvalue weighted by Crippen LogP contribution is -2.30. The van der Waals surface area contributed by atoms with Gasteiger partial charge in [0.25, 0.3) is 11.8 Å². The van der Waals surface area contributed by atoms with Crippen molar-refractivity contribution in [3.05, 3.63) is 94.0 Å². The zero-order chi connectivity index (χ0) is 19.2. The van der Waals surface area contributed by atoms with E-state index in [1.54, 1.807) is 54.6 Å². The van der Waals surface area contributed by atoms with E-state index >= 15 is 0 Å². The van der Waals surface area contributed by atoms with E-state index in [1.165, 1.54) is 18.4 Å². The minimum atomic E-state index is -0.556. The fourth-order valence-electron chi connectivity index (χ4n) is 2.26. The highest BCUT2D eigenvalue weighted by Gasteiger charge is 2.17. The van der Waals surface area contributed by atoms with Crippen molar-refractivity contribution in [1.29, 1.82) is 0 Å². The Morgan fingerprint density at radius 2 is 1.78 bits per heavy atom. The second-order valence-corrected chi connectivity index (χ2v) is 6.32. The quantitative estimate of drug-likeness (QED) is 0.592. The van der Waals surface area contributed by atoms with E-state index in [9.17, 15) is 9.59 Å². The number of furan rings is 1. The number of nitrogens with one attached hydrogen (secondary N) is 2. The summed E-state index contributed by atoms with van der Waals surface area (Å²) in [7, 11) is 0. The number of benzene rings is 2. The van der Waals surface area contributed by atoms with Crippen LogP contribution in [0.15, 0.2) is 77.0 Å². The van der Waals surface area contributed by atoms with E-state index in [-0.39, 0.29) is 11.5 Å². The maximum Gasteiger partial charge on any atom is 0.291 e. The molecule has 0 saturated carbocycles. The average Bonchev–Trinajstić information content (AvgIpc) is 3.17. The van der Waals surface area contributed by atoms with Crippen LogP contribution in [0.4, 0.5) is 5.69 Å². The topological polar surface area (TPSA) is 71.3 Å². The van der Waals surface area contributed by atoms with Crippen LogP contribution in [0.25, 0.3) is 6.08 Å². The molecule has 136 valence electrons. The van der Waals surface area contributed by atoms with Gasteiger partial charge in [-0.15, -0.1) is 0 Å². The zero-order valence-corrected chi connectivity index (χ0v) is 15.4. The number of carbonyl (C=O) groups excluding carboxylic acids is 2. The van der Waals surface area contributed by atoms with Crippen molar-refractivity contribution >= 4 is 46.8 Å². The molecule has 7 heteroatoms. The van der Waals surface area contributed by atoms with Gasteiger partial charge in [0.15, 0.2) is 5.76 Å². The maximum atomic E-state index is 12.7. The molecule has 3 aromatic rings. The Kier molecular flexibility index (Phi) is 5.96. The number of amides is 2. The average molecular weight is 401 g/mol. The van der Waals surface area contributed by atoms with E-state index in [1.807, 2.05) is 0 Å². The van der Waals surface area contributed by atoms with Gasteiger partial charge in [0.1, 0.15) is 5.70 Å². The van der Waals surface area contributed by atoms with Crippen molar-refractivity contribution in [3.8, 4) is 0 Å². The van der Waals surface area contributed by atoms with Crippen molar-refractivity contribution < 1.29 is 14.0 Å². The molecule has 0 atom stereocenters. The van der Waals surface area contributed by atoms with Crippen LogP contribution in [0.3, 0.4) is 0 Å². The summed E-state index contributed by atoms with van der Waals surface area (Å²) >= 11 is 12.1. The van der Waals surface area contributed by atoms with Crippen LogP contribution in [0.1, 0.15) is 16.1 Å². The minimum Gasteiger partial charge on any atom is -0.459 e. The second kappa shape index (κ2) is 8.58. The highest BCUT2D eigenvalue weighted by Crippen LogP contribution is 2.19. The lowest BCUT2D eigenvalue weighted by atomic mass is 10.1. The molecule has 5 nitrogen and oxygen atoms in total. The van der Waals surface area contributed by atoms with Crippen molar-refractivity contribution in [2.75, 3.05) is 5.32 Å². The molecule has 3 rings (SSSR count). The number of anilines is 1. The highest BCUT2D eigenvalue weighted by atomic mass is 35.5. The molecule has 0 unspecified atom stereocenters. The van der Waals surface area contributed by atoms with Gasteiger partial charge in [-0.05, 0) is 48.0 Å². The molecule has 1 heterocycles. The third-order valence-corrected chi connectivity index (χ3v) is 4.10. The molecule has 2 N–H and O–H groups in total. The fraction of sp³-hybridized carbons (Fsp3) is 0. The normalized spacial score (nSPS) is 11.1. The first-order chi connectivity index (χ1) is 13.0. The van der Waals surface area contributed by atoms with Crippen LogP contribution in [-0.4, -0.2) is 11.8 Å². The summed E-state index contributed by atoms with van der Waals surface area (Å²) in [5.41, 5.74) is 1.07. The van der Waals surface area contributed by atoms with Gasteiger partial charge in [0, 0.05) is 15.7 Å². The van der Waals surface area contributed by atoms with E-state index in [2.05, 4.69) is 10.6 Å². The fourth-order valence-corrected chi connectivity index (χ4v) is 2.64. The largest absolute Gasteiger partial charge is 0.459 e. The first kappa shape index (κ1) is 18.8. The van der Waals surface area contributed by atoms with Gasteiger partial charge in [-0.25, -0.2) is 0 Å². The molecule has 0 aliphatic heterocycles. The summed E-state index contributed by atoms with van der Waals surface area (Å²) in [4.78, 5) is 25.1. The van der Waals surface area contributed by atoms with E-state index < -0.39 is 11.8 Å². The SMILES string of the molecule is O=C(Nc1cccc(Cl)c1)/C(=C/c1ccccc1Cl)NC(=O)c1ccco1. The van der Waals surface area contributed by atoms with Gasteiger partial charge in [0.05, 0.1) is 6.26 Å². The third kappa shape index (κ3) is 5.00. The van der Waals surface area contributed by atoms with E-state index in [0.717, 1.165) is 0 Å². The monoisotopic (exact) mass is 400 g/mol. The van der Waals surface area contributed by atoms with Crippen molar-refractivity contribution in [3.63, 3.8) is 0 Å². The van der Waals surface area contributed by atoms with Crippen LogP contribution < -0.4 is 10.6 Å². The van der Waals surface area contributed by atoms with Crippen molar-refractivity contribution in [1.82, 2.24) is 5.32 Å². The first-order valence-corrected chi connectivity index (χ1v) is 8.66. The Morgan fingerprint density at radius 1 is 0.963 bits per heavy atom. The summed E-state index contributed by atoms with van der Waals surface area (Å²) in [6.07, 6.45) is 2.86. The smallest absolute Gasteiger partial charge is 0.291 e. The Morgan fingerprint density at radius 3 is 2.48 bits per heavy atom. The molecular formula is C20H14Cl2N2O3. The Bertz CT molecular complexity index is 998. The van der Waals surface area contributed by atoms with Gasteiger partial charge >= 0.3 is 0 Å². The number of halogens is 2. The molecule has 2 aromatic carbocycles. The van der Waals surface area contributed by atoms with E-state index in [0.29, 0.717) is 21.3 Å². The van der Waals surface area contributed by atoms with Crippen LogP contribution in [0.5, 0.6) is 0 Å². The summed E-state index contributed by atoms with van der Waals surface area (Å²) in [6.45, 7) is 0. The molecule has 1 aromatic heterocycles. The molecule has 0 fully saturated rings. The van der Waals surface area contributed by atoms with Gasteiger partial charge in [-0.3, -0.25) is 9.59 Å². The number of hydrogen-bond acceptors (Lipinski definition) is 3. The van der Waals surface area contributed by atoms with Gasteiger partial charge in [-0.2, -0.15) is 0 Å². The van der Waals surface area contributed by atoms with Gasteiger partial charge in [0.2, 0.25) is 0 Å². The summed E-state index contributed by atoms with van der Waals surface area (Å²) in [5, 5.41) is 6.17. The lowest BCUT2D eigenvalue weighted by Gasteiger charge is -2.11. The molecule has 0 aliphatic rings. The number of rotatable bonds is 5. The van der Waals surface area contributed by atoms with Crippen LogP contribution in [-0.2, 0) is 4.79 Å². The highest BCUT2D eigenvalue weighted by molar-refractivity contribution is 6.32. The standard InChI is InChI=1S/C20H14Cl2N2O3/c21-14-6-3-7-15(12-14)23-19(25)17(11-13-5-1-2-8-16(13)22)24-20(26)18-9-4-10-27-18/h1-12H,(H,23,25)(H,24,26)/b17-11-. The van der Waals surface area contributed by atoms with Crippen LogP contribution in [0.2, 0.25) is 10.0 Å². The summed E-state index contributed by atoms with van der Waals surface area (Å²) in [6, 6.07) is 16.7. The molecule has 27 heavy (non-hydrogen) atoms. The molecule has 0 radical (unpaired) electrons. The van der Waals surface area contributed by atoms with Crippen molar-refractivity contribution in [2.24, 2.45) is 0 Å². The van der Waals surface area contributed by atoms with Gasteiger partial charge in [-0.1, -0.05) is 47.5 Å². The Balaban J connectivity index is 1.90. The lowest BCUT2D eigenvalue weighted by molar-refractivity contribution is -0.113. The van der Waals surface area contributed by atoms with Gasteiger partial charge < -0.3 is 15.1 Å². The summed E-state index contributed by atoms with van der Waals surface area (Å²) < 4.78 is 5.07. The first-order valence-electron chi connectivity index (χ1n) is 7.91. The van der Waals surface area contributed by atoms with Crippen LogP contribution >= 0.6 is 23.2 Å².